The van der Waals surface area contributed by atoms with Gasteiger partial charge < -0.3 is 4.90 Å². The van der Waals surface area contributed by atoms with Crippen LogP contribution < -0.4 is 4.90 Å². The summed E-state index contributed by atoms with van der Waals surface area (Å²) in [4.78, 5) is 2.45. The maximum absolute atomic E-state index is 2.45. The van der Waals surface area contributed by atoms with E-state index in [1.807, 2.05) is 11.3 Å². The van der Waals surface area contributed by atoms with Gasteiger partial charge in [0.1, 0.15) is 0 Å². The van der Waals surface area contributed by atoms with Gasteiger partial charge in [-0.15, -0.1) is 11.3 Å². The van der Waals surface area contributed by atoms with Crippen LogP contribution in [-0.2, 0) is 0 Å². The van der Waals surface area contributed by atoms with Gasteiger partial charge in [0.2, 0.25) is 0 Å². The molecule has 2 heteroatoms. The van der Waals surface area contributed by atoms with Crippen molar-refractivity contribution in [1.29, 1.82) is 0 Å². The molecule has 0 aliphatic carbocycles. The first-order chi connectivity index (χ1) is 17.9. The molecule has 7 aromatic rings. The fraction of sp³-hybridized carbons (Fsp3) is 0. The Morgan fingerprint density at radius 3 is 2.06 bits per heavy atom. The van der Waals surface area contributed by atoms with Crippen LogP contribution in [0.15, 0.2) is 127 Å². The minimum atomic E-state index is 1.18. The molecule has 0 N–H and O–H groups in total. The number of benzene rings is 6. The van der Waals surface area contributed by atoms with E-state index in [0.29, 0.717) is 0 Å². The summed E-state index contributed by atoms with van der Waals surface area (Å²) < 4.78 is 2.66. The molecule has 2 heterocycles. The molecular formula is C34H21NS. The molecule has 0 spiro atoms. The first-order valence-electron chi connectivity index (χ1n) is 12.3. The third-order valence-electron chi connectivity index (χ3n) is 7.38. The van der Waals surface area contributed by atoms with Crippen molar-refractivity contribution in [2.24, 2.45) is 0 Å². The average molecular weight is 476 g/mol. The summed E-state index contributed by atoms with van der Waals surface area (Å²) in [6, 6.07) is 46.5. The molecule has 0 amide bonds. The second kappa shape index (κ2) is 7.55. The molecule has 0 radical (unpaired) electrons. The number of hydrogen-bond acceptors (Lipinski definition) is 2. The molecule has 0 fully saturated rings. The van der Waals surface area contributed by atoms with Crippen molar-refractivity contribution in [1.82, 2.24) is 0 Å². The summed E-state index contributed by atoms with van der Waals surface area (Å²) in [7, 11) is 0. The topological polar surface area (TPSA) is 3.24 Å². The van der Waals surface area contributed by atoms with Gasteiger partial charge in [-0.2, -0.15) is 0 Å². The van der Waals surface area contributed by atoms with Gasteiger partial charge in [-0.3, -0.25) is 0 Å². The first-order valence-corrected chi connectivity index (χ1v) is 13.1. The summed E-state index contributed by atoms with van der Waals surface area (Å²) in [6.45, 7) is 0. The Hall–Kier alpha value is -4.40. The molecule has 0 saturated carbocycles. The maximum Gasteiger partial charge on any atom is 0.0555 e. The molecule has 8 rings (SSSR count). The number of fused-ring (bicyclic) bond motifs is 5. The van der Waals surface area contributed by atoms with Crippen LogP contribution in [-0.4, -0.2) is 0 Å². The SMILES string of the molecule is c1ccc(-c2ccc3c4c(cccc24)-c2cc4c(cc2N3c2ccccc2)sc2ccccc24)cc1. The third-order valence-corrected chi connectivity index (χ3v) is 8.52. The molecular weight excluding hydrogens is 454 g/mol. The van der Waals surface area contributed by atoms with Gasteiger partial charge >= 0.3 is 0 Å². The fourth-order valence-corrected chi connectivity index (χ4v) is 6.94. The Morgan fingerprint density at radius 2 is 1.19 bits per heavy atom. The van der Waals surface area contributed by atoms with Gasteiger partial charge in [0.15, 0.2) is 0 Å². The van der Waals surface area contributed by atoms with Gasteiger partial charge in [-0.25, -0.2) is 0 Å². The van der Waals surface area contributed by atoms with Crippen molar-refractivity contribution in [3.05, 3.63) is 127 Å². The smallest absolute Gasteiger partial charge is 0.0555 e. The Kier molecular flexibility index (Phi) is 4.16. The molecule has 0 bridgehead atoms. The molecule has 6 aromatic carbocycles. The number of rotatable bonds is 2. The predicted molar refractivity (Wildman–Crippen MR) is 156 cm³/mol. The minimum Gasteiger partial charge on any atom is -0.309 e. The molecule has 1 nitrogen and oxygen atoms in total. The van der Waals surface area contributed by atoms with Crippen LogP contribution in [0.1, 0.15) is 0 Å². The Labute approximate surface area is 213 Å². The van der Waals surface area contributed by atoms with Crippen molar-refractivity contribution in [2.45, 2.75) is 0 Å². The monoisotopic (exact) mass is 475 g/mol. The first kappa shape index (κ1) is 19.9. The van der Waals surface area contributed by atoms with Gasteiger partial charge in [0.25, 0.3) is 0 Å². The van der Waals surface area contributed by atoms with Gasteiger partial charge in [0.05, 0.1) is 11.4 Å². The number of nitrogens with zero attached hydrogens (tertiary/aromatic N) is 1. The summed E-state index contributed by atoms with van der Waals surface area (Å²) in [6.07, 6.45) is 0. The van der Waals surface area contributed by atoms with E-state index >= 15 is 0 Å². The van der Waals surface area contributed by atoms with Crippen LogP contribution in [0.25, 0.3) is 53.2 Å². The standard InChI is InChI=1S/C34H21NS/c1-3-10-22(11-4-1)24-18-19-30-34-26(24)15-9-16-27(34)28-20-29-25-14-7-8-17-32(25)36-33(29)21-31(28)35(30)23-12-5-2-6-13-23/h1-21H. The highest BCUT2D eigenvalue weighted by Gasteiger charge is 2.28. The van der Waals surface area contributed by atoms with E-state index in [2.05, 4.69) is 132 Å². The normalized spacial score (nSPS) is 12.4. The van der Waals surface area contributed by atoms with E-state index in [4.69, 9.17) is 0 Å². The van der Waals surface area contributed by atoms with Crippen molar-refractivity contribution in [3.63, 3.8) is 0 Å². The van der Waals surface area contributed by atoms with E-state index in [1.165, 1.54) is 70.3 Å². The lowest BCUT2D eigenvalue weighted by atomic mass is 9.87. The van der Waals surface area contributed by atoms with Crippen molar-refractivity contribution < 1.29 is 0 Å². The van der Waals surface area contributed by atoms with Crippen molar-refractivity contribution in [2.75, 3.05) is 4.90 Å². The van der Waals surface area contributed by atoms with Crippen LogP contribution in [0.2, 0.25) is 0 Å². The Morgan fingerprint density at radius 1 is 0.444 bits per heavy atom. The number of para-hydroxylation sites is 1. The highest BCUT2D eigenvalue weighted by molar-refractivity contribution is 7.25. The quantitative estimate of drug-likeness (QED) is 0.240. The van der Waals surface area contributed by atoms with Gasteiger partial charge in [-0.05, 0) is 58.5 Å². The zero-order valence-corrected chi connectivity index (χ0v) is 20.3. The summed E-state index contributed by atoms with van der Waals surface area (Å²) in [5, 5.41) is 5.27. The molecule has 0 unspecified atom stereocenters. The minimum absolute atomic E-state index is 1.18. The number of hydrogen-bond donors (Lipinski definition) is 0. The van der Waals surface area contributed by atoms with E-state index < -0.39 is 0 Å². The lowest BCUT2D eigenvalue weighted by Gasteiger charge is -2.34. The highest BCUT2D eigenvalue weighted by Crippen LogP contribution is 2.54. The fourth-order valence-electron chi connectivity index (χ4n) is 5.81. The zero-order chi connectivity index (χ0) is 23.6. The van der Waals surface area contributed by atoms with Crippen LogP contribution in [0.4, 0.5) is 17.1 Å². The molecule has 36 heavy (non-hydrogen) atoms. The number of anilines is 3. The van der Waals surface area contributed by atoms with Crippen molar-refractivity contribution >= 4 is 59.3 Å². The molecule has 1 aliphatic heterocycles. The lowest BCUT2D eigenvalue weighted by molar-refractivity contribution is 1.29. The molecule has 1 aliphatic rings. The van der Waals surface area contributed by atoms with Crippen LogP contribution in [0.5, 0.6) is 0 Å². The largest absolute Gasteiger partial charge is 0.309 e. The maximum atomic E-state index is 2.45. The highest BCUT2D eigenvalue weighted by atomic mass is 32.1. The lowest BCUT2D eigenvalue weighted by Crippen LogP contribution is -2.15. The van der Waals surface area contributed by atoms with E-state index in [9.17, 15) is 0 Å². The predicted octanol–water partition coefficient (Wildman–Crippen LogP) is 10.3. The summed E-state index contributed by atoms with van der Waals surface area (Å²) >= 11 is 1.88. The van der Waals surface area contributed by atoms with E-state index in [-0.39, 0.29) is 0 Å². The Bertz CT molecular complexity index is 1930. The van der Waals surface area contributed by atoms with Crippen LogP contribution in [0, 0.1) is 0 Å². The van der Waals surface area contributed by atoms with Gasteiger partial charge in [-0.1, -0.05) is 91.0 Å². The molecule has 168 valence electrons. The molecule has 1 aromatic heterocycles. The van der Waals surface area contributed by atoms with E-state index in [1.54, 1.807) is 0 Å². The summed E-state index contributed by atoms with van der Waals surface area (Å²) in [5.74, 6) is 0. The second-order valence-electron chi connectivity index (χ2n) is 9.36. The Balaban J connectivity index is 1.52. The second-order valence-corrected chi connectivity index (χ2v) is 10.4. The zero-order valence-electron chi connectivity index (χ0n) is 19.5. The number of thiophene rings is 1. The van der Waals surface area contributed by atoms with Crippen LogP contribution >= 0.6 is 11.3 Å². The van der Waals surface area contributed by atoms with E-state index in [0.717, 1.165) is 0 Å². The molecule has 0 atom stereocenters. The summed E-state index contributed by atoms with van der Waals surface area (Å²) in [5.41, 5.74) is 8.78. The van der Waals surface area contributed by atoms with Crippen molar-refractivity contribution in [3.8, 4) is 22.3 Å². The average Bonchev–Trinajstić information content (AvgIpc) is 3.31. The van der Waals surface area contributed by atoms with Crippen LogP contribution in [0.3, 0.4) is 0 Å². The van der Waals surface area contributed by atoms with Gasteiger partial charge in [0, 0.05) is 36.8 Å². The molecule has 0 saturated heterocycles. The third kappa shape index (κ3) is 2.76.